The molecule has 4 N–H and O–H groups in total. The predicted molar refractivity (Wildman–Crippen MR) is 119 cm³/mol. The Kier molecular flexibility index (Phi) is 5.69. The molecule has 2 aromatic carbocycles. The van der Waals surface area contributed by atoms with Gasteiger partial charge in [-0.2, -0.15) is 5.26 Å². The molecule has 0 radical (unpaired) electrons. The van der Waals surface area contributed by atoms with Crippen molar-refractivity contribution in [2.24, 2.45) is 5.73 Å². The van der Waals surface area contributed by atoms with Gasteiger partial charge in [-0.3, -0.25) is 0 Å². The maximum Gasteiger partial charge on any atom is 0.205 e. The standard InChI is InChI=1S/C25H24N2O5/c1-30-21-11-14(6-8-19(21)28)10-16-4-3-5-17-23(18(13-26)25(27)32-24(16)17)15-7-9-20(29)22(12-15)31-2/h6-12,23,28-29H,3-5,27H2,1-2H3/b16-10+. The summed E-state index contributed by atoms with van der Waals surface area (Å²) < 4.78 is 16.5. The zero-order valence-corrected chi connectivity index (χ0v) is 17.9. The van der Waals surface area contributed by atoms with Gasteiger partial charge in [0.2, 0.25) is 5.88 Å². The summed E-state index contributed by atoms with van der Waals surface area (Å²) in [4.78, 5) is 0. The summed E-state index contributed by atoms with van der Waals surface area (Å²) in [6, 6.07) is 12.4. The predicted octanol–water partition coefficient (Wildman–Crippen LogP) is 4.44. The first-order valence-corrected chi connectivity index (χ1v) is 10.2. The van der Waals surface area contributed by atoms with Crippen LogP contribution < -0.4 is 15.2 Å². The van der Waals surface area contributed by atoms with E-state index in [4.69, 9.17) is 19.9 Å². The molecule has 0 amide bonds. The second-order valence-corrected chi connectivity index (χ2v) is 7.66. The molecule has 0 bridgehead atoms. The number of allylic oxidation sites excluding steroid dienone is 3. The SMILES string of the molecule is COc1cc(/C=C2\CCCC3=C2OC(N)=C(C#N)C3c2ccc(O)c(OC)c2)ccc1O. The van der Waals surface area contributed by atoms with Gasteiger partial charge in [0.1, 0.15) is 17.4 Å². The third kappa shape index (κ3) is 3.71. The van der Waals surface area contributed by atoms with Gasteiger partial charge in [0.05, 0.1) is 14.2 Å². The highest BCUT2D eigenvalue weighted by molar-refractivity contribution is 5.64. The minimum absolute atomic E-state index is 0.0264. The lowest BCUT2D eigenvalue weighted by molar-refractivity contribution is 0.277. The Labute approximate surface area is 186 Å². The van der Waals surface area contributed by atoms with E-state index >= 15 is 0 Å². The van der Waals surface area contributed by atoms with Crippen LogP contribution in [-0.2, 0) is 4.74 Å². The molecule has 164 valence electrons. The first-order chi connectivity index (χ1) is 15.5. The molecule has 2 aromatic rings. The molecule has 2 aliphatic rings. The number of phenolic OH excluding ortho intramolecular Hbond substituents is 2. The molecular formula is C25H24N2O5. The highest BCUT2D eigenvalue weighted by Gasteiger charge is 2.36. The number of nitrogens with zero attached hydrogens (tertiary/aromatic N) is 1. The molecule has 1 unspecified atom stereocenters. The summed E-state index contributed by atoms with van der Waals surface area (Å²) in [6.45, 7) is 0. The number of phenols is 2. The molecule has 1 atom stereocenters. The number of nitrogens with two attached hydrogens (primary N) is 1. The highest BCUT2D eigenvalue weighted by atomic mass is 16.5. The van der Waals surface area contributed by atoms with Crippen molar-refractivity contribution in [3.8, 4) is 29.1 Å². The summed E-state index contributed by atoms with van der Waals surface area (Å²) in [5, 5.41) is 29.7. The van der Waals surface area contributed by atoms with E-state index in [0.717, 1.165) is 41.5 Å². The van der Waals surface area contributed by atoms with Crippen LogP contribution in [0, 0.1) is 11.3 Å². The molecule has 0 saturated heterocycles. The van der Waals surface area contributed by atoms with Crippen molar-refractivity contribution in [1.82, 2.24) is 0 Å². The molecule has 0 aromatic heterocycles. The number of hydrogen-bond donors (Lipinski definition) is 3. The molecule has 0 saturated carbocycles. The fourth-order valence-corrected chi connectivity index (χ4v) is 4.27. The fourth-order valence-electron chi connectivity index (χ4n) is 4.27. The summed E-state index contributed by atoms with van der Waals surface area (Å²) >= 11 is 0. The molecule has 1 heterocycles. The summed E-state index contributed by atoms with van der Waals surface area (Å²) in [5.41, 5.74) is 10.1. The van der Waals surface area contributed by atoms with Crippen LogP contribution in [0.3, 0.4) is 0 Å². The smallest absolute Gasteiger partial charge is 0.205 e. The van der Waals surface area contributed by atoms with Crippen molar-refractivity contribution >= 4 is 6.08 Å². The Morgan fingerprint density at radius 3 is 2.44 bits per heavy atom. The Morgan fingerprint density at radius 2 is 1.75 bits per heavy atom. The Bertz CT molecular complexity index is 1200. The number of rotatable bonds is 4. The topological polar surface area (TPSA) is 118 Å². The van der Waals surface area contributed by atoms with Gasteiger partial charge in [-0.15, -0.1) is 0 Å². The van der Waals surface area contributed by atoms with Gasteiger partial charge in [-0.05, 0) is 71.9 Å². The van der Waals surface area contributed by atoms with Crippen LogP contribution in [0.1, 0.15) is 36.3 Å². The van der Waals surface area contributed by atoms with E-state index in [1.165, 1.54) is 14.2 Å². The molecule has 4 rings (SSSR count). The van der Waals surface area contributed by atoms with Crippen molar-refractivity contribution in [2.75, 3.05) is 14.2 Å². The second-order valence-electron chi connectivity index (χ2n) is 7.66. The lowest BCUT2D eigenvalue weighted by Gasteiger charge is -2.33. The number of benzene rings is 2. The summed E-state index contributed by atoms with van der Waals surface area (Å²) in [7, 11) is 2.99. The van der Waals surface area contributed by atoms with Gasteiger partial charge in [0.25, 0.3) is 0 Å². The van der Waals surface area contributed by atoms with Gasteiger partial charge in [-0.25, -0.2) is 0 Å². The zero-order valence-electron chi connectivity index (χ0n) is 17.9. The van der Waals surface area contributed by atoms with Crippen LogP contribution in [0.4, 0.5) is 0 Å². The minimum Gasteiger partial charge on any atom is -0.504 e. The highest BCUT2D eigenvalue weighted by Crippen LogP contribution is 2.48. The number of nitriles is 1. The van der Waals surface area contributed by atoms with E-state index in [2.05, 4.69) is 6.07 Å². The summed E-state index contributed by atoms with van der Waals surface area (Å²) in [6.07, 6.45) is 4.39. The average molecular weight is 432 g/mol. The third-order valence-electron chi connectivity index (χ3n) is 5.79. The minimum atomic E-state index is -0.392. The number of aromatic hydroxyl groups is 2. The second kappa shape index (κ2) is 8.60. The van der Waals surface area contributed by atoms with E-state index < -0.39 is 5.92 Å². The number of ether oxygens (including phenoxy) is 3. The third-order valence-corrected chi connectivity index (χ3v) is 5.79. The Hall–Kier alpha value is -4.05. The molecule has 0 spiro atoms. The molecule has 7 heteroatoms. The van der Waals surface area contributed by atoms with Gasteiger partial charge in [0.15, 0.2) is 23.0 Å². The van der Waals surface area contributed by atoms with Crippen LogP contribution in [0.2, 0.25) is 0 Å². The first kappa shape index (κ1) is 21.2. The number of methoxy groups -OCH3 is 2. The van der Waals surface area contributed by atoms with Crippen molar-refractivity contribution in [3.63, 3.8) is 0 Å². The molecule has 7 nitrogen and oxygen atoms in total. The van der Waals surface area contributed by atoms with Crippen molar-refractivity contribution in [3.05, 3.63) is 75.9 Å². The van der Waals surface area contributed by atoms with Crippen LogP contribution in [0.5, 0.6) is 23.0 Å². The molecule has 0 fully saturated rings. The molecule has 32 heavy (non-hydrogen) atoms. The van der Waals surface area contributed by atoms with Crippen LogP contribution in [0.25, 0.3) is 6.08 Å². The molecule has 1 aliphatic carbocycles. The lowest BCUT2D eigenvalue weighted by Crippen LogP contribution is -2.23. The molecule has 1 aliphatic heterocycles. The summed E-state index contributed by atoms with van der Waals surface area (Å²) in [5.74, 6) is 1.15. The van der Waals surface area contributed by atoms with Gasteiger partial charge >= 0.3 is 0 Å². The van der Waals surface area contributed by atoms with Gasteiger partial charge < -0.3 is 30.2 Å². The first-order valence-electron chi connectivity index (χ1n) is 10.2. The Morgan fingerprint density at radius 1 is 1.06 bits per heavy atom. The average Bonchev–Trinajstić information content (AvgIpc) is 2.80. The monoisotopic (exact) mass is 432 g/mol. The van der Waals surface area contributed by atoms with E-state index in [1.807, 2.05) is 6.08 Å². The normalized spacial score (nSPS) is 19.3. The van der Waals surface area contributed by atoms with Gasteiger partial charge in [-0.1, -0.05) is 12.1 Å². The largest absolute Gasteiger partial charge is 0.504 e. The van der Waals surface area contributed by atoms with Crippen molar-refractivity contribution in [1.29, 1.82) is 5.26 Å². The maximum absolute atomic E-state index is 10.0. The van der Waals surface area contributed by atoms with Crippen molar-refractivity contribution < 1.29 is 24.4 Å². The zero-order chi connectivity index (χ0) is 22.8. The van der Waals surface area contributed by atoms with E-state index in [9.17, 15) is 15.5 Å². The van der Waals surface area contributed by atoms with Crippen molar-refractivity contribution in [2.45, 2.75) is 25.2 Å². The van der Waals surface area contributed by atoms with E-state index in [1.54, 1.807) is 36.4 Å². The van der Waals surface area contributed by atoms with Gasteiger partial charge in [0, 0.05) is 5.92 Å². The van der Waals surface area contributed by atoms with Crippen LogP contribution >= 0.6 is 0 Å². The quantitative estimate of drug-likeness (QED) is 0.653. The lowest BCUT2D eigenvalue weighted by atomic mass is 9.77. The van der Waals surface area contributed by atoms with E-state index in [0.29, 0.717) is 22.8 Å². The van der Waals surface area contributed by atoms with Crippen LogP contribution in [0.15, 0.2) is 64.8 Å². The van der Waals surface area contributed by atoms with Crippen LogP contribution in [-0.4, -0.2) is 24.4 Å². The van der Waals surface area contributed by atoms with E-state index in [-0.39, 0.29) is 17.4 Å². The Balaban J connectivity index is 1.83. The maximum atomic E-state index is 10.0. The number of hydrogen-bond acceptors (Lipinski definition) is 7. The molecular weight excluding hydrogens is 408 g/mol. The fraction of sp³-hybridized carbons (Fsp3) is 0.240.